The van der Waals surface area contributed by atoms with E-state index in [0.717, 1.165) is 30.7 Å². The van der Waals surface area contributed by atoms with Crippen LogP contribution < -0.4 is 14.2 Å². The summed E-state index contributed by atoms with van der Waals surface area (Å²) in [4.78, 5) is 8.13. The lowest BCUT2D eigenvalue weighted by atomic mass is 10.0. The first kappa shape index (κ1) is 29.2. The van der Waals surface area contributed by atoms with Gasteiger partial charge >= 0.3 is 0 Å². The van der Waals surface area contributed by atoms with Gasteiger partial charge < -0.3 is 19.3 Å². The van der Waals surface area contributed by atoms with Crippen LogP contribution in [0.15, 0.2) is 42.5 Å². The number of ether oxygens (including phenoxy) is 3. The lowest BCUT2D eigenvalue weighted by Gasteiger charge is -2.38. The zero-order valence-electron chi connectivity index (χ0n) is 23.5. The normalized spacial score (nSPS) is 18.9. The highest BCUT2D eigenvalue weighted by molar-refractivity contribution is 5.43. The summed E-state index contributed by atoms with van der Waals surface area (Å²) >= 11 is 0. The molecule has 4 unspecified atom stereocenters. The molecule has 1 saturated heterocycles. The monoisotopic (exact) mass is 514 g/mol. The minimum Gasteiger partial charge on any atom is -0.493 e. The van der Waals surface area contributed by atoms with Crippen molar-refractivity contribution >= 4 is 0 Å². The van der Waals surface area contributed by atoms with Crippen molar-refractivity contribution in [3.8, 4) is 17.2 Å². The third-order valence-electron chi connectivity index (χ3n) is 7.14. The molecule has 37 heavy (non-hydrogen) atoms. The summed E-state index contributed by atoms with van der Waals surface area (Å²) in [5.41, 5.74) is 2.28. The maximum atomic E-state index is 10.6. The van der Waals surface area contributed by atoms with Crippen molar-refractivity contribution in [1.82, 2.24) is 9.96 Å². The predicted molar refractivity (Wildman–Crippen MR) is 147 cm³/mol. The van der Waals surface area contributed by atoms with E-state index in [1.54, 1.807) is 26.2 Å². The Morgan fingerprint density at radius 1 is 1.00 bits per heavy atom. The number of aliphatic hydroxyl groups is 1. The number of likely N-dealkylation sites (tertiary alicyclic amines) is 1. The highest BCUT2D eigenvalue weighted by Gasteiger charge is 2.28. The van der Waals surface area contributed by atoms with Gasteiger partial charge in [0, 0.05) is 19.1 Å². The van der Waals surface area contributed by atoms with E-state index < -0.39 is 12.3 Å². The molecule has 0 aliphatic carbocycles. The van der Waals surface area contributed by atoms with Crippen molar-refractivity contribution in [3.63, 3.8) is 0 Å². The molecule has 3 rings (SSSR count). The molecule has 7 nitrogen and oxygen atoms in total. The maximum absolute atomic E-state index is 10.6. The third-order valence-corrected chi connectivity index (χ3v) is 7.14. The Labute approximate surface area is 223 Å². The van der Waals surface area contributed by atoms with E-state index in [2.05, 4.69) is 31.7 Å². The van der Waals surface area contributed by atoms with Crippen LogP contribution in [0.3, 0.4) is 0 Å². The van der Waals surface area contributed by atoms with Crippen LogP contribution in [0.1, 0.15) is 64.5 Å². The van der Waals surface area contributed by atoms with Gasteiger partial charge in [-0.05, 0) is 75.8 Å². The summed E-state index contributed by atoms with van der Waals surface area (Å²) in [5.74, 6) is 2.10. The van der Waals surface area contributed by atoms with Gasteiger partial charge in [-0.15, -0.1) is 5.06 Å². The molecule has 0 radical (unpaired) electrons. The molecule has 1 aliphatic heterocycles. The maximum Gasteiger partial charge on any atom is 0.199 e. The molecule has 2 aromatic rings. The van der Waals surface area contributed by atoms with Gasteiger partial charge in [-0.2, -0.15) is 0 Å². The Hall–Kier alpha value is -2.32. The van der Waals surface area contributed by atoms with Crippen LogP contribution in [0.5, 0.6) is 17.2 Å². The molecular formula is C30H46N2O5. The van der Waals surface area contributed by atoms with E-state index in [9.17, 15) is 5.11 Å². The Bertz CT molecular complexity index is 953. The van der Waals surface area contributed by atoms with Crippen LogP contribution in [0.2, 0.25) is 0 Å². The van der Waals surface area contributed by atoms with E-state index in [0.29, 0.717) is 30.5 Å². The first-order valence-corrected chi connectivity index (χ1v) is 13.7. The molecule has 2 aromatic carbocycles. The van der Waals surface area contributed by atoms with E-state index in [-0.39, 0.29) is 6.23 Å². The number of piperidine rings is 1. The van der Waals surface area contributed by atoms with Crippen LogP contribution in [-0.2, 0) is 17.7 Å². The number of rotatable bonds is 14. The second-order valence-electron chi connectivity index (χ2n) is 9.97. The van der Waals surface area contributed by atoms with Crippen molar-refractivity contribution in [2.45, 2.75) is 90.8 Å². The summed E-state index contributed by atoms with van der Waals surface area (Å²) in [7, 11) is 3.23. The molecule has 0 amide bonds. The van der Waals surface area contributed by atoms with Gasteiger partial charge in [-0.1, -0.05) is 44.0 Å². The average molecular weight is 515 g/mol. The number of methoxy groups -OCH3 is 1. The lowest BCUT2D eigenvalue weighted by molar-refractivity contribution is -0.234. The third kappa shape index (κ3) is 8.08. The number of benzene rings is 2. The molecule has 1 fully saturated rings. The summed E-state index contributed by atoms with van der Waals surface area (Å²) in [6.07, 6.45) is 4.91. The molecule has 7 heteroatoms. The van der Waals surface area contributed by atoms with Crippen LogP contribution >= 0.6 is 0 Å². The number of aryl methyl sites for hydroxylation is 1. The van der Waals surface area contributed by atoms with Gasteiger partial charge in [0.05, 0.1) is 14.2 Å². The predicted octanol–water partition coefficient (Wildman–Crippen LogP) is 5.44. The minimum absolute atomic E-state index is 0.00617. The quantitative estimate of drug-likeness (QED) is 0.266. The Morgan fingerprint density at radius 2 is 1.78 bits per heavy atom. The zero-order valence-corrected chi connectivity index (χ0v) is 23.5. The van der Waals surface area contributed by atoms with Crippen molar-refractivity contribution in [2.75, 3.05) is 27.3 Å². The standard InChI is InChI=1S/C30H46N2O5/c1-7-12-25-16-17-28(29(21-25)34-5)37-30(23(3)33)32(35-6)20-18-26-14-8-9-15-27(26)36-24(4)31-19-11-10-13-22(31)2/h8-9,14-17,21-24,30,33H,7,10-13,18-20H2,1-6H3. The zero-order chi connectivity index (χ0) is 26.8. The molecule has 0 spiro atoms. The molecule has 1 heterocycles. The number of hydrogen-bond donors (Lipinski definition) is 1. The van der Waals surface area contributed by atoms with Gasteiger partial charge in [0.1, 0.15) is 18.1 Å². The first-order valence-electron chi connectivity index (χ1n) is 13.7. The highest BCUT2D eigenvalue weighted by Crippen LogP contribution is 2.31. The molecule has 0 bridgehead atoms. The Balaban J connectivity index is 1.70. The first-order chi connectivity index (χ1) is 17.9. The van der Waals surface area contributed by atoms with Crippen LogP contribution in [0, 0.1) is 0 Å². The lowest BCUT2D eigenvalue weighted by Crippen LogP contribution is -2.47. The average Bonchev–Trinajstić information content (AvgIpc) is 2.90. The van der Waals surface area contributed by atoms with Crippen molar-refractivity contribution in [2.24, 2.45) is 0 Å². The molecule has 4 atom stereocenters. The molecule has 0 aromatic heterocycles. The smallest absolute Gasteiger partial charge is 0.199 e. The van der Waals surface area contributed by atoms with Crippen molar-refractivity contribution < 1.29 is 24.2 Å². The fraction of sp³-hybridized carbons (Fsp3) is 0.600. The fourth-order valence-corrected chi connectivity index (χ4v) is 5.07. The van der Waals surface area contributed by atoms with E-state index in [1.807, 2.05) is 36.4 Å². The molecule has 0 saturated carbocycles. The van der Waals surface area contributed by atoms with Crippen molar-refractivity contribution in [3.05, 3.63) is 53.6 Å². The summed E-state index contributed by atoms with van der Waals surface area (Å²) < 4.78 is 18.3. The summed E-state index contributed by atoms with van der Waals surface area (Å²) in [6, 6.07) is 14.6. The van der Waals surface area contributed by atoms with Crippen molar-refractivity contribution in [1.29, 1.82) is 0 Å². The number of aliphatic hydroxyl groups excluding tert-OH is 1. The Morgan fingerprint density at radius 3 is 2.46 bits per heavy atom. The van der Waals surface area contributed by atoms with Gasteiger partial charge in [-0.25, -0.2) is 0 Å². The van der Waals surface area contributed by atoms with Gasteiger partial charge in [0.25, 0.3) is 0 Å². The van der Waals surface area contributed by atoms with Gasteiger partial charge in [0.2, 0.25) is 0 Å². The second-order valence-corrected chi connectivity index (χ2v) is 9.97. The van der Waals surface area contributed by atoms with E-state index >= 15 is 0 Å². The molecule has 206 valence electrons. The Kier molecular flexibility index (Phi) is 11.5. The van der Waals surface area contributed by atoms with Gasteiger partial charge in [-0.3, -0.25) is 9.74 Å². The SMILES string of the molecule is CCCc1ccc(OC(C(C)O)N(CCc2ccccc2OC(C)N2CCCCC2C)OC)c(OC)c1. The highest BCUT2D eigenvalue weighted by atomic mass is 16.7. The number of para-hydroxylation sites is 1. The summed E-state index contributed by atoms with van der Waals surface area (Å²) in [6.45, 7) is 9.85. The fourth-order valence-electron chi connectivity index (χ4n) is 5.07. The largest absolute Gasteiger partial charge is 0.493 e. The van der Waals surface area contributed by atoms with E-state index in [4.69, 9.17) is 19.0 Å². The summed E-state index contributed by atoms with van der Waals surface area (Å²) in [5, 5.41) is 12.3. The van der Waals surface area contributed by atoms with Crippen LogP contribution in [-0.4, -0.2) is 67.0 Å². The number of nitrogens with zero attached hydrogens (tertiary/aromatic N) is 2. The van der Waals surface area contributed by atoms with E-state index in [1.165, 1.54) is 24.8 Å². The second kappa shape index (κ2) is 14.6. The van der Waals surface area contributed by atoms with Gasteiger partial charge in [0.15, 0.2) is 17.7 Å². The topological polar surface area (TPSA) is 63.6 Å². The number of hydroxylamine groups is 2. The molecule has 1 N–H and O–H groups in total. The van der Waals surface area contributed by atoms with Crippen LogP contribution in [0.25, 0.3) is 0 Å². The van der Waals surface area contributed by atoms with Crippen LogP contribution in [0.4, 0.5) is 0 Å². The molecular weight excluding hydrogens is 468 g/mol. The number of hydrogen-bond acceptors (Lipinski definition) is 7. The molecule has 1 aliphatic rings. The minimum atomic E-state index is -0.799.